The highest BCUT2D eigenvalue weighted by Crippen LogP contribution is 2.32. The molecule has 9 nitrogen and oxygen atoms in total. The molecule has 3 aromatic rings. The van der Waals surface area contributed by atoms with Crippen molar-refractivity contribution in [2.24, 2.45) is 0 Å². The van der Waals surface area contributed by atoms with E-state index in [4.69, 9.17) is 34.0 Å². The monoisotopic (exact) mass is 618 g/mol. The fourth-order valence-corrected chi connectivity index (χ4v) is 5.47. The molecule has 5 atom stereocenters. The first-order valence-electron chi connectivity index (χ1n) is 14.9. The van der Waals surface area contributed by atoms with E-state index in [9.17, 15) is 4.79 Å². The van der Waals surface area contributed by atoms with Gasteiger partial charge in [-0.05, 0) is 22.7 Å². The highest BCUT2D eigenvalue weighted by atomic mass is 28.3. The molecule has 0 spiro atoms. The molecule has 1 fully saturated rings. The quantitative estimate of drug-likeness (QED) is 0.0670. The Kier molecular flexibility index (Phi) is 13.0. The summed E-state index contributed by atoms with van der Waals surface area (Å²) in [6.45, 7) is 8.04. The lowest BCUT2D eigenvalue weighted by atomic mass is 9.97. The van der Waals surface area contributed by atoms with Crippen LogP contribution in [-0.4, -0.2) is 69.0 Å². The van der Waals surface area contributed by atoms with E-state index in [1.54, 1.807) is 0 Å². The van der Waals surface area contributed by atoms with Gasteiger partial charge in [-0.25, -0.2) is 4.79 Å². The van der Waals surface area contributed by atoms with Crippen LogP contribution in [0.3, 0.4) is 0 Å². The van der Waals surface area contributed by atoms with E-state index in [2.05, 4.69) is 24.4 Å². The maximum atomic E-state index is 12.1. The highest BCUT2D eigenvalue weighted by Gasteiger charge is 2.49. The molecule has 0 aromatic heterocycles. The number of esters is 1. The molecule has 10 heteroatoms. The minimum absolute atomic E-state index is 0.172. The number of rotatable bonds is 16. The molecule has 0 unspecified atom stereocenters. The molecule has 4 rings (SSSR count). The summed E-state index contributed by atoms with van der Waals surface area (Å²) in [7, 11) is -1.42. The Balaban J connectivity index is 1.66. The molecular formula is C34H42N2O7Si. The molecule has 0 saturated carbocycles. The second-order valence-electron chi connectivity index (χ2n) is 11.9. The molecule has 234 valence electrons. The molecule has 0 N–H and O–H groups in total. The molecule has 1 aliphatic heterocycles. The third-order valence-corrected chi connectivity index (χ3v) is 8.84. The van der Waals surface area contributed by atoms with Gasteiger partial charge in [0.15, 0.2) is 6.29 Å². The number of ether oxygens (including phenoxy) is 6. The highest BCUT2D eigenvalue weighted by molar-refractivity contribution is 6.76. The Morgan fingerprint density at radius 3 is 1.70 bits per heavy atom. The number of carbonyl (C=O) groups is 1. The van der Waals surface area contributed by atoms with Gasteiger partial charge in [-0.2, -0.15) is 4.79 Å². The lowest BCUT2D eigenvalue weighted by molar-refractivity contribution is -0.326. The van der Waals surface area contributed by atoms with Gasteiger partial charge in [-0.3, -0.25) is 0 Å². The summed E-state index contributed by atoms with van der Waals surface area (Å²) in [6.07, 6.45) is -2.89. The number of hydrogen-bond donors (Lipinski definition) is 0. The van der Waals surface area contributed by atoms with Crippen LogP contribution in [0.25, 0.3) is 5.53 Å². The van der Waals surface area contributed by atoms with Crippen molar-refractivity contribution in [2.45, 2.75) is 76.2 Å². The Bertz CT molecular complexity index is 1320. The van der Waals surface area contributed by atoms with Crippen LogP contribution in [0.15, 0.2) is 91.0 Å². The van der Waals surface area contributed by atoms with Crippen LogP contribution in [0.5, 0.6) is 0 Å². The fraction of sp³-hybridized carbons (Fsp3) is 0.412. The fourth-order valence-electron chi connectivity index (χ4n) is 4.74. The van der Waals surface area contributed by atoms with Crippen molar-refractivity contribution in [3.63, 3.8) is 0 Å². The van der Waals surface area contributed by atoms with E-state index in [0.717, 1.165) is 22.7 Å². The smallest absolute Gasteiger partial charge is 0.413 e. The molecule has 0 bridgehead atoms. The van der Waals surface area contributed by atoms with Crippen LogP contribution in [0.1, 0.15) is 16.7 Å². The van der Waals surface area contributed by atoms with Crippen molar-refractivity contribution < 1.29 is 38.0 Å². The summed E-state index contributed by atoms with van der Waals surface area (Å²) >= 11 is 0. The van der Waals surface area contributed by atoms with Crippen molar-refractivity contribution in [3.05, 3.63) is 113 Å². The third kappa shape index (κ3) is 10.9. The van der Waals surface area contributed by atoms with Crippen LogP contribution >= 0.6 is 0 Å². The first-order valence-corrected chi connectivity index (χ1v) is 18.6. The van der Waals surface area contributed by atoms with Gasteiger partial charge in [-0.15, -0.1) is 0 Å². The summed E-state index contributed by atoms with van der Waals surface area (Å²) in [5.41, 5.74) is 11.8. The zero-order valence-electron chi connectivity index (χ0n) is 25.6. The van der Waals surface area contributed by atoms with Crippen molar-refractivity contribution in [2.75, 3.05) is 13.2 Å². The molecule has 1 heterocycles. The summed E-state index contributed by atoms with van der Waals surface area (Å²) in [5, 5.41) is 0. The maximum Gasteiger partial charge on any atom is 0.413 e. The minimum Gasteiger partial charge on any atom is -0.454 e. The zero-order chi connectivity index (χ0) is 31.2. The molecule has 0 radical (unpaired) electrons. The van der Waals surface area contributed by atoms with Gasteiger partial charge in [0.25, 0.3) is 0 Å². The van der Waals surface area contributed by atoms with E-state index < -0.39 is 44.7 Å². The number of benzene rings is 3. The Labute approximate surface area is 260 Å². The SMILES string of the molecule is C[Si](C)(C)CCO[C@@H]1O[C@H](COC(=O)C=[N+]=[N-])[C@@H](OCc2ccccc2)[C@H](OCc2ccccc2)[C@H]1OCc1ccccc1. The average molecular weight is 619 g/mol. The second-order valence-corrected chi connectivity index (χ2v) is 17.5. The van der Waals surface area contributed by atoms with Crippen LogP contribution in [-0.2, 0) is 53.0 Å². The molecule has 1 saturated heterocycles. The lowest BCUT2D eigenvalue weighted by Gasteiger charge is -2.45. The largest absolute Gasteiger partial charge is 0.454 e. The lowest BCUT2D eigenvalue weighted by Crippen LogP contribution is -2.62. The predicted molar refractivity (Wildman–Crippen MR) is 168 cm³/mol. The van der Waals surface area contributed by atoms with Gasteiger partial charge < -0.3 is 34.0 Å². The van der Waals surface area contributed by atoms with E-state index in [0.29, 0.717) is 26.0 Å². The molecule has 44 heavy (non-hydrogen) atoms. The van der Waals surface area contributed by atoms with Crippen LogP contribution in [0, 0.1) is 0 Å². The Hall–Kier alpha value is -3.47. The topological polar surface area (TPSA) is 109 Å². The van der Waals surface area contributed by atoms with E-state index >= 15 is 0 Å². The Morgan fingerprint density at radius 2 is 1.23 bits per heavy atom. The first kappa shape index (κ1) is 33.4. The van der Waals surface area contributed by atoms with Gasteiger partial charge in [0.05, 0.1) is 19.8 Å². The molecule has 0 aliphatic carbocycles. The van der Waals surface area contributed by atoms with Crippen molar-refractivity contribution >= 4 is 20.3 Å². The standard InChI is InChI=1S/C34H42N2O7Si/c1-44(2,3)20-19-38-34-33(42-24-28-17-11-6-12-18-28)32(41-23-27-15-9-5-10-16-27)31(40-22-26-13-7-4-8-14-26)29(43-34)25-39-30(37)21-36-35/h4-18,21,29,31-34H,19-20,22-25H2,1-3H3/t29-,31-,32+,33-,34-/m1/s1. The number of carbonyl (C=O) groups excluding carboxylic acids is 1. The summed E-state index contributed by atoms with van der Waals surface area (Å²) < 4.78 is 38.0. The van der Waals surface area contributed by atoms with Gasteiger partial charge >= 0.3 is 12.2 Å². The zero-order valence-corrected chi connectivity index (χ0v) is 26.6. The first-order chi connectivity index (χ1) is 21.3. The average Bonchev–Trinajstić information content (AvgIpc) is 3.02. The maximum absolute atomic E-state index is 12.1. The van der Waals surface area contributed by atoms with E-state index in [1.807, 2.05) is 91.0 Å². The van der Waals surface area contributed by atoms with Gasteiger partial charge in [0.2, 0.25) is 0 Å². The van der Waals surface area contributed by atoms with Gasteiger partial charge in [0, 0.05) is 14.7 Å². The summed E-state index contributed by atoms with van der Waals surface area (Å²) in [5.74, 6) is -0.807. The van der Waals surface area contributed by atoms with Gasteiger partial charge in [0.1, 0.15) is 31.0 Å². The summed E-state index contributed by atoms with van der Waals surface area (Å²) in [6, 6.07) is 30.5. The number of nitrogens with zero attached hydrogens (tertiary/aromatic N) is 2. The van der Waals surface area contributed by atoms with Crippen LogP contribution in [0.2, 0.25) is 25.7 Å². The van der Waals surface area contributed by atoms with Crippen molar-refractivity contribution in [1.29, 1.82) is 0 Å². The van der Waals surface area contributed by atoms with Crippen LogP contribution < -0.4 is 0 Å². The minimum atomic E-state index is -1.42. The van der Waals surface area contributed by atoms with Crippen molar-refractivity contribution in [3.8, 4) is 0 Å². The van der Waals surface area contributed by atoms with Crippen LogP contribution in [0.4, 0.5) is 0 Å². The predicted octanol–water partition coefficient (Wildman–Crippen LogP) is 5.67. The number of hydrogen-bond acceptors (Lipinski definition) is 7. The van der Waals surface area contributed by atoms with E-state index in [-0.39, 0.29) is 13.2 Å². The second kappa shape index (κ2) is 17.1. The summed E-state index contributed by atoms with van der Waals surface area (Å²) in [4.78, 5) is 14.9. The molecule has 0 amide bonds. The van der Waals surface area contributed by atoms with Gasteiger partial charge in [-0.1, -0.05) is 111 Å². The van der Waals surface area contributed by atoms with Crippen molar-refractivity contribution in [1.82, 2.24) is 0 Å². The van der Waals surface area contributed by atoms with E-state index in [1.165, 1.54) is 0 Å². The molecular weight excluding hydrogens is 576 g/mol. The Morgan fingerprint density at radius 1 is 0.750 bits per heavy atom. The normalized spacial score (nSPS) is 21.8. The molecule has 1 aliphatic rings. The molecule has 3 aromatic carbocycles. The third-order valence-electron chi connectivity index (χ3n) is 7.13.